The molecule has 0 aliphatic heterocycles. The number of ketones is 1. The summed E-state index contributed by atoms with van der Waals surface area (Å²) < 4.78 is 27.1. The van der Waals surface area contributed by atoms with Crippen LogP contribution in [-0.2, 0) is 6.61 Å². The predicted octanol–water partition coefficient (Wildman–Crippen LogP) is 4.50. The molecule has 0 radical (unpaired) electrons. The summed E-state index contributed by atoms with van der Waals surface area (Å²) in [7, 11) is 5.91. The molecule has 0 atom stereocenters. The van der Waals surface area contributed by atoms with Gasteiger partial charge in [-0.15, -0.1) is 0 Å². The van der Waals surface area contributed by atoms with Crippen molar-refractivity contribution in [2.45, 2.75) is 6.61 Å². The van der Waals surface area contributed by atoms with Gasteiger partial charge < -0.3 is 23.7 Å². The van der Waals surface area contributed by atoms with E-state index in [-0.39, 0.29) is 17.4 Å². The summed E-state index contributed by atoms with van der Waals surface area (Å²) in [6, 6.07) is 11.0. The molecule has 2 aromatic carbocycles. The van der Waals surface area contributed by atoms with Crippen LogP contribution in [0.15, 0.2) is 42.5 Å². The van der Waals surface area contributed by atoms with Gasteiger partial charge in [-0.2, -0.15) is 0 Å². The molecule has 9 nitrogen and oxygen atoms in total. The number of hydrogen-bond donors (Lipinski definition) is 0. The molecule has 0 aliphatic rings. The molecule has 0 fully saturated rings. The number of hydrogen-bond acceptors (Lipinski definition) is 9. The first kappa shape index (κ1) is 22.9. The molecule has 3 aromatic rings. The highest BCUT2D eigenvalue weighted by Gasteiger charge is 2.20. The molecular weight excluding hydrogens is 438 g/mol. The second kappa shape index (κ2) is 10.0. The van der Waals surface area contributed by atoms with Gasteiger partial charge in [-0.1, -0.05) is 11.3 Å². The summed E-state index contributed by atoms with van der Waals surface area (Å²) in [6.45, 7) is 0.0939. The number of nitrogens with zero attached hydrogens (tertiary/aromatic N) is 1. The Hall–Kier alpha value is -3.79. The van der Waals surface area contributed by atoms with Crippen LogP contribution in [0.3, 0.4) is 0 Å². The minimum absolute atomic E-state index is 0.0295. The first-order valence-electron chi connectivity index (χ1n) is 9.30. The lowest BCUT2D eigenvalue weighted by atomic mass is 10.0. The van der Waals surface area contributed by atoms with Crippen LogP contribution in [-0.4, -0.2) is 39.1 Å². The topological polar surface area (TPSA) is 106 Å². The lowest BCUT2D eigenvalue weighted by Crippen LogP contribution is -2.05. The van der Waals surface area contributed by atoms with Crippen LogP contribution in [0.25, 0.3) is 0 Å². The number of carbonyl (C=O) groups excluding carboxylic acids is 1. The molecule has 0 N–H and O–H groups in total. The van der Waals surface area contributed by atoms with Crippen molar-refractivity contribution in [1.82, 2.24) is 0 Å². The van der Waals surface area contributed by atoms with E-state index in [1.165, 1.54) is 34.5 Å². The third-order valence-electron chi connectivity index (χ3n) is 4.55. The van der Waals surface area contributed by atoms with Crippen molar-refractivity contribution in [3.8, 4) is 28.7 Å². The second-order valence-corrected chi connectivity index (χ2v) is 7.54. The smallest absolute Gasteiger partial charge is 0.324 e. The maximum absolute atomic E-state index is 13.2. The van der Waals surface area contributed by atoms with Crippen molar-refractivity contribution < 1.29 is 33.4 Å². The molecule has 0 aliphatic carbocycles. The summed E-state index contributed by atoms with van der Waals surface area (Å²) >= 11 is 1.02. The van der Waals surface area contributed by atoms with Crippen molar-refractivity contribution >= 4 is 22.1 Å². The van der Waals surface area contributed by atoms with Gasteiger partial charge in [-0.25, -0.2) is 0 Å². The molecule has 0 saturated heterocycles. The van der Waals surface area contributed by atoms with Crippen molar-refractivity contribution in [2.24, 2.45) is 0 Å². The average Bonchev–Trinajstić information content (AvgIpc) is 3.30. The fourth-order valence-electron chi connectivity index (χ4n) is 3.00. The number of nitro groups is 1. The Bertz CT molecular complexity index is 1120. The molecule has 32 heavy (non-hydrogen) atoms. The van der Waals surface area contributed by atoms with Gasteiger partial charge in [-0.3, -0.25) is 14.9 Å². The Labute approximate surface area is 188 Å². The fourth-order valence-corrected chi connectivity index (χ4v) is 3.73. The van der Waals surface area contributed by atoms with E-state index in [4.69, 9.17) is 23.7 Å². The van der Waals surface area contributed by atoms with E-state index in [9.17, 15) is 14.9 Å². The first-order valence-corrected chi connectivity index (χ1v) is 10.1. The Morgan fingerprint density at radius 1 is 0.844 bits per heavy atom. The van der Waals surface area contributed by atoms with Gasteiger partial charge in [0.2, 0.25) is 5.75 Å². The number of carbonyl (C=O) groups is 1. The Morgan fingerprint density at radius 2 is 1.47 bits per heavy atom. The standard InChI is InChI=1S/C22H21NO8S/c1-27-16-7-5-13(9-17(16)31-12-15-6-8-20(32-15)23(25)26)21(24)14-10-18(28-2)22(30-4)19(11-14)29-3/h5-11H,12H2,1-4H3. The van der Waals surface area contributed by atoms with E-state index in [1.54, 1.807) is 36.4 Å². The van der Waals surface area contributed by atoms with Gasteiger partial charge >= 0.3 is 5.00 Å². The molecule has 10 heteroatoms. The minimum Gasteiger partial charge on any atom is -0.493 e. The van der Waals surface area contributed by atoms with Gasteiger partial charge in [0, 0.05) is 22.1 Å². The van der Waals surface area contributed by atoms with Crippen molar-refractivity contribution in [3.63, 3.8) is 0 Å². The molecule has 168 valence electrons. The lowest BCUT2D eigenvalue weighted by molar-refractivity contribution is -0.380. The second-order valence-electron chi connectivity index (χ2n) is 6.39. The molecule has 0 spiro atoms. The Balaban J connectivity index is 1.90. The number of rotatable bonds is 10. The van der Waals surface area contributed by atoms with E-state index < -0.39 is 4.92 Å². The van der Waals surface area contributed by atoms with Crippen LogP contribution in [0.2, 0.25) is 0 Å². The van der Waals surface area contributed by atoms with Crippen LogP contribution in [0, 0.1) is 10.1 Å². The normalized spacial score (nSPS) is 10.4. The number of methoxy groups -OCH3 is 4. The summed E-state index contributed by atoms with van der Waals surface area (Å²) in [6.07, 6.45) is 0. The first-order chi connectivity index (χ1) is 15.4. The molecule has 0 bridgehead atoms. The van der Waals surface area contributed by atoms with Crippen LogP contribution in [0.5, 0.6) is 28.7 Å². The monoisotopic (exact) mass is 459 g/mol. The lowest BCUT2D eigenvalue weighted by Gasteiger charge is -2.14. The van der Waals surface area contributed by atoms with Crippen molar-refractivity contribution in [2.75, 3.05) is 28.4 Å². The van der Waals surface area contributed by atoms with E-state index in [0.717, 1.165) is 11.3 Å². The highest BCUT2D eigenvalue weighted by atomic mass is 32.1. The zero-order chi connectivity index (χ0) is 23.3. The maximum atomic E-state index is 13.2. The number of thiophene rings is 1. The Morgan fingerprint density at radius 3 is 2.00 bits per heavy atom. The third kappa shape index (κ3) is 4.75. The van der Waals surface area contributed by atoms with Gasteiger partial charge in [0.25, 0.3) is 0 Å². The molecule has 1 aromatic heterocycles. The highest BCUT2D eigenvalue weighted by molar-refractivity contribution is 7.15. The average molecular weight is 459 g/mol. The fraction of sp³-hybridized carbons (Fsp3) is 0.227. The molecule has 1 heterocycles. The minimum atomic E-state index is -0.453. The summed E-state index contributed by atoms with van der Waals surface area (Å²) in [5.74, 6) is 1.58. The predicted molar refractivity (Wildman–Crippen MR) is 118 cm³/mol. The number of ether oxygens (including phenoxy) is 5. The molecular formula is C22H21NO8S. The van der Waals surface area contributed by atoms with Gasteiger partial charge in [0.15, 0.2) is 28.8 Å². The van der Waals surface area contributed by atoms with Crippen LogP contribution >= 0.6 is 11.3 Å². The zero-order valence-corrected chi connectivity index (χ0v) is 18.7. The van der Waals surface area contributed by atoms with Crippen molar-refractivity contribution in [3.05, 3.63) is 68.6 Å². The van der Waals surface area contributed by atoms with E-state index in [0.29, 0.717) is 44.8 Å². The third-order valence-corrected chi connectivity index (χ3v) is 5.56. The van der Waals surface area contributed by atoms with Crippen LogP contribution in [0.1, 0.15) is 20.8 Å². The molecule has 0 amide bonds. The molecule has 0 unspecified atom stereocenters. The summed E-state index contributed by atoms with van der Waals surface area (Å²) in [5, 5.41) is 10.9. The SMILES string of the molecule is COc1ccc(C(=O)c2cc(OC)c(OC)c(OC)c2)cc1OCc1ccc([N+](=O)[O-])s1. The molecule has 3 rings (SSSR count). The van der Waals surface area contributed by atoms with E-state index in [1.807, 2.05) is 0 Å². The summed E-state index contributed by atoms with van der Waals surface area (Å²) in [4.78, 5) is 24.2. The van der Waals surface area contributed by atoms with Crippen LogP contribution in [0.4, 0.5) is 5.00 Å². The number of benzene rings is 2. The summed E-state index contributed by atoms with van der Waals surface area (Å²) in [5.41, 5.74) is 0.691. The van der Waals surface area contributed by atoms with E-state index >= 15 is 0 Å². The highest BCUT2D eigenvalue weighted by Crippen LogP contribution is 2.39. The van der Waals surface area contributed by atoms with Crippen LogP contribution < -0.4 is 23.7 Å². The quantitative estimate of drug-likeness (QED) is 0.248. The van der Waals surface area contributed by atoms with Gasteiger partial charge in [-0.05, 0) is 36.4 Å². The largest absolute Gasteiger partial charge is 0.493 e. The van der Waals surface area contributed by atoms with Gasteiger partial charge in [0.05, 0.1) is 33.4 Å². The van der Waals surface area contributed by atoms with Crippen molar-refractivity contribution in [1.29, 1.82) is 0 Å². The van der Waals surface area contributed by atoms with E-state index in [2.05, 4.69) is 0 Å². The zero-order valence-electron chi connectivity index (χ0n) is 17.9. The Kier molecular flexibility index (Phi) is 7.16. The maximum Gasteiger partial charge on any atom is 0.324 e. The molecule has 0 saturated carbocycles. The van der Waals surface area contributed by atoms with Gasteiger partial charge in [0.1, 0.15) is 6.61 Å².